The summed E-state index contributed by atoms with van der Waals surface area (Å²) >= 11 is 0. The van der Waals surface area contributed by atoms with E-state index in [0.29, 0.717) is 6.54 Å². The third kappa shape index (κ3) is 4.23. The van der Waals surface area contributed by atoms with E-state index in [-0.39, 0.29) is 11.9 Å². The lowest BCUT2D eigenvalue weighted by atomic mass is 10.3. The normalized spacial score (nSPS) is 15.2. The molecule has 4 heteroatoms. The van der Waals surface area contributed by atoms with Crippen molar-refractivity contribution in [1.82, 2.24) is 15.2 Å². The number of rotatable bonds is 6. The summed E-state index contributed by atoms with van der Waals surface area (Å²) in [5, 5.41) is 6.34. The van der Waals surface area contributed by atoms with Crippen molar-refractivity contribution >= 4 is 5.91 Å². The third-order valence-corrected chi connectivity index (χ3v) is 2.76. The topological polar surface area (TPSA) is 46.1 Å². The SMILES string of the molecule is CC(C)NC(=O)Cn1ccc(CNC2CC2)c1. The summed E-state index contributed by atoms with van der Waals surface area (Å²) in [5.74, 6) is 0.0669. The van der Waals surface area contributed by atoms with E-state index in [4.69, 9.17) is 0 Å². The second-order valence-electron chi connectivity index (χ2n) is 5.07. The van der Waals surface area contributed by atoms with Crippen molar-refractivity contribution in [1.29, 1.82) is 0 Å². The van der Waals surface area contributed by atoms with Crippen molar-refractivity contribution < 1.29 is 4.79 Å². The molecule has 1 aromatic rings. The number of amides is 1. The number of nitrogens with one attached hydrogen (secondary N) is 2. The first-order valence-corrected chi connectivity index (χ1v) is 6.31. The average molecular weight is 235 g/mol. The second kappa shape index (κ2) is 5.36. The summed E-state index contributed by atoms with van der Waals surface area (Å²) in [7, 11) is 0. The van der Waals surface area contributed by atoms with Gasteiger partial charge in [0.25, 0.3) is 0 Å². The fourth-order valence-electron chi connectivity index (χ4n) is 1.78. The molecule has 0 bridgehead atoms. The molecule has 0 saturated heterocycles. The van der Waals surface area contributed by atoms with E-state index in [0.717, 1.165) is 12.6 Å². The zero-order valence-electron chi connectivity index (χ0n) is 10.6. The zero-order chi connectivity index (χ0) is 12.3. The molecule has 0 atom stereocenters. The fourth-order valence-corrected chi connectivity index (χ4v) is 1.78. The van der Waals surface area contributed by atoms with Crippen LogP contribution < -0.4 is 10.6 Å². The first-order valence-electron chi connectivity index (χ1n) is 6.31. The summed E-state index contributed by atoms with van der Waals surface area (Å²) in [5.41, 5.74) is 1.24. The van der Waals surface area contributed by atoms with Gasteiger partial charge in [0.05, 0.1) is 0 Å². The maximum atomic E-state index is 11.6. The van der Waals surface area contributed by atoms with Crippen LogP contribution in [0.5, 0.6) is 0 Å². The first kappa shape index (κ1) is 12.2. The van der Waals surface area contributed by atoms with Crippen LogP contribution >= 0.6 is 0 Å². The molecule has 4 nitrogen and oxygen atoms in total. The van der Waals surface area contributed by atoms with Crippen LogP contribution in [0.4, 0.5) is 0 Å². The standard InChI is InChI=1S/C13H21N3O/c1-10(2)15-13(17)9-16-6-5-11(8-16)7-14-12-3-4-12/h5-6,8,10,12,14H,3-4,7,9H2,1-2H3,(H,15,17). The predicted molar refractivity (Wildman–Crippen MR) is 67.6 cm³/mol. The van der Waals surface area contributed by atoms with E-state index >= 15 is 0 Å². The van der Waals surface area contributed by atoms with Crippen LogP contribution in [0.2, 0.25) is 0 Å². The fraction of sp³-hybridized carbons (Fsp3) is 0.615. The monoisotopic (exact) mass is 235 g/mol. The van der Waals surface area contributed by atoms with E-state index < -0.39 is 0 Å². The highest BCUT2D eigenvalue weighted by molar-refractivity contribution is 5.75. The third-order valence-electron chi connectivity index (χ3n) is 2.76. The van der Waals surface area contributed by atoms with Crippen LogP contribution in [0.15, 0.2) is 18.5 Å². The molecule has 0 aromatic carbocycles. The van der Waals surface area contributed by atoms with Gasteiger partial charge in [-0.2, -0.15) is 0 Å². The van der Waals surface area contributed by atoms with Crippen LogP contribution in [-0.4, -0.2) is 22.6 Å². The Bertz CT molecular complexity index is 380. The Morgan fingerprint density at radius 2 is 2.29 bits per heavy atom. The molecular formula is C13H21N3O. The van der Waals surface area contributed by atoms with Gasteiger partial charge < -0.3 is 15.2 Å². The van der Waals surface area contributed by atoms with Crippen LogP contribution in [0.1, 0.15) is 32.3 Å². The van der Waals surface area contributed by atoms with Gasteiger partial charge in [0.15, 0.2) is 0 Å². The van der Waals surface area contributed by atoms with E-state index in [1.165, 1.54) is 18.4 Å². The van der Waals surface area contributed by atoms with Crippen LogP contribution in [0.25, 0.3) is 0 Å². The van der Waals surface area contributed by atoms with E-state index in [1.807, 2.05) is 30.8 Å². The van der Waals surface area contributed by atoms with Gasteiger partial charge in [-0.15, -0.1) is 0 Å². The Morgan fingerprint density at radius 3 is 2.94 bits per heavy atom. The lowest BCUT2D eigenvalue weighted by Crippen LogP contribution is -2.32. The lowest BCUT2D eigenvalue weighted by molar-refractivity contribution is -0.122. The maximum Gasteiger partial charge on any atom is 0.240 e. The average Bonchev–Trinajstić information content (AvgIpc) is 2.96. The molecule has 1 saturated carbocycles. The van der Waals surface area contributed by atoms with Crippen molar-refractivity contribution in [3.05, 3.63) is 24.0 Å². The van der Waals surface area contributed by atoms with Gasteiger partial charge >= 0.3 is 0 Å². The lowest BCUT2D eigenvalue weighted by Gasteiger charge is -2.08. The van der Waals surface area contributed by atoms with Crippen molar-refractivity contribution in [3.8, 4) is 0 Å². The molecule has 2 N–H and O–H groups in total. The molecule has 1 aliphatic carbocycles. The minimum absolute atomic E-state index is 0.0669. The summed E-state index contributed by atoms with van der Waals surface area (Å²) in [6, 6.07) is 2.99. The van der Waals surface area contributed by atoms with Gasteiger partial charge in [0, 0.05) is 31.0 Å². The minimum Gasteiger partial charge on any atom is -0.352 e. The Labute approximate surface area is 102 Å². The van der Waals surface area contributed by atoms with Gasteiger partial charge in [0.2, 0.25) is 5.91 Å². The highest BCUT2D eigenvalue weighted by atomic mass is 16.2. The van der Waals surface area contributed by atoms with Gasteiger partial charge in [-0.1, -0.05) is 0 Å². The summed E-state index contributed by atoms with van der Waals surface area (Å²) < 4.78 is 1.93. The van der Waals surface area contributed by atoms with Crippen molar-refractivity contribution in [2.45, 2.75) is 51.9 Å². The predicted octanol–water partition coefficient (Wildman–Crippen LogP) is 1.26. The molecule has 1 amide bonds. The Morgan fingerprint density at radius 1 is 1.53 bits per heavy atom. The maximum absolute atomic E-state index is 11.6. The van der Waals surface area contributed by atoms with Crippen LogP contribution in [-0.2, 0) is 17.9 Å². The van der Waals surface area contributed by atoms with Gasteiger partial charge in [-0.25, -0.2) is 0 Å². The smallest absolute Gasteiger partial charge is 0.240 e. The summed E-state index contributed by atoms with van der Waals surface area (Å²) in [4.78, 5) is 11.6. The van der Waals surface area contributed by atoms with Crippen LogP contribution in [0, 0.1) is 0 Å². The second-order valence-corrected chi connectivity index (χ2v) is 5.07. The molecule has 1 aliphatic rings. The summed E-state index contributed by atoms with van der Waals surface area (Å²) in [6.07, 6.45) is 6.61. The molecule has 94 valence electrons. The Hall–Kier alpha value is -1.29. The molecule has 1 aromatic heterocycles. The van der Waals surface area contributed by atoms with Crippen LogP contribution in [0.3, 0.4) is 0 Å². The Kier molecular flexibility index (Phi) is 3.84. The molecule has 17 heavy (non-hydrogen) atoms. The first-order chi connectivity index (χ1) is 8.13. The van der Waals surface area contributed by atoms with E-state index in [1.54, 1.807) is 0 Å². The molecule has 0 unspecified atom stereocenters. The van der Waals surface area contributed by atoms with Gasteiger partial charge in [-0.05, 0) is 38.3 Å². The van der Waals surface area contributed by atoms with Gasteiger partial charge in [-0.3, -0.25) is 4.79 Å². The van der Waals surface area contributed by atoms with E-state index in [9.17, 15) is 4.79 Å². The van der Waals surface area contributed by atoms with Crippen molar-refractivity contribution in [2.24, 2.45) is 0 Å². The molecule has 1 fully saturated rings. The number of nitrogens with zero attached hydrogens (tertiary/aromatic N) is 1. The molecule has 0 spiro atoms. The quantitative estimate of drug-likeness (QED) is 0.780. The largest absolute Gasteiger partial charge is 0.352 e. The Balaban J connectivity index is 1.78. The van der Waals surface area contributed by atoms with Crippen molar-refractivity contribution in [2.75, 3.05) is 0 Å². The number of hydrogen-bond donors (Lipinski definition) is 2. The number of aromatic nitrogens is 1. The zero-order valence-corrected chi connectivity index (χ0v) is 10.6. The number of hydrogen-bond acceptors (Lipinski definition) is 2. The van der Waals surface area contributed by atoms with Gasteiger partial charge in [0.1, 0.15) is 6.54 Å². The molecular weight excluding hydrogens is 214 g/mol. The number of carbonyl (C=O) groups excluding carboxylic acids is 1. The van der Waals surface area contributed by atoms with Crippen molar-refractivity contribution in [3.63, 3.8) is 0 Å². The molecule has 2 rings (SSSR count). The molecule has 1 heterocycles. The molecule has 0 radical (unpaired) electrons. The highest BCUT2D eigenvalue weighted by Gasteiger charge is 2.19. The minimum atomic E-state index is 0.0669. The molecule has 0 aliphatic heterocycles. The summed E-state index contributed by atoms with van der Waals surface area (Å²) in [6.45, 7) is 5.25. The highest BCUT2D eigenvalue weighted by Crippen LogP contribution is 2.19. The number of carbonyl (C=O) groups is 1. The van der Waals surface area contributed by atoms with E-state index in [2.05, 4.69) is 16.7 Å².